The van der Waals surface area contributed by atoms with Crippen LogP contribution < -0.4 is 16.8 Å². The molecule has 0 aliphatic heterocycles. The zero-order chi connectivity index (χ0) is 8.97. The third-order valence-electron chi connectivity index (χ3n) is 1.40. The Morgan fingerprint density at radius 1 is 1.50 bits per heavy atom. The summed E-state index contributed by atoms with van der Waals surface area (Å²) in [6.45, 7) is -0.00574. The largest absolute Gasteiger partial charge is 0.397 e. The van der Waals surface area contributed by atoms with Crippen molar-refractivity contribution in [2.75, 3.05) is 17.6 Å². The Bertz CT molecular complexity index is 285. The summed E-state index contributed by atoms with van der Waals surface area (Å²) < 4.78 is 0. The molecule has 1 rings (SSSR count). The number of hydrogen-bond acceptors (Lipinski definition) is 3. The summed E-state index contributed by atoms with van der Waals surface area (Å²) >= 11 is 0. The van der Waals surface area contributed by atoms with Crippen LogP contribution in [0, 0.1) is 0 Å². The molecule has 12 heavy (non-hydrogen) atoms. The highest BCUT2D eigenvalue weighted by Gasteiger charge is 1.97. The van der Waals surface area contributed by atoms with E-state index in [1.165, 1.54) is 0 Å². The summed E-state index contributed by atoms with van der Waals surface area (Å²) in [5, 5.41) is 2.75. The van der Waals surface area contributed by atoms with E-state index in [4.69, 9.17) is 11.5 Å². The van der Waals surface area contributed by atoms with Crippen molar-refractivity contribution in [1.29, 1.82) is 0 Å². The number of rotatable bonds is 3. The normalized spacial score (nSPS) is 9.33. The lowest BCUT2D eigenvalue weighted by molar-refractivity contribution is -0.117. The molecule has 1 aromatic rings. The number of nitrogen functional groups attached to an aromatic ring is 1. The molecule has 0 unspecified atom stereocenters. The molecule has 1 aromatic carbocycles. The number of carbonyl (C=O) groups excluding carboxylic acids is 1. The van der Waals surface area contributed by atoms with Gasteiger partial charge in [0.25, 0.3) is 5.91 Å². The Morgan fingerprint density at radius 3 is 2.75 bits per heavy atom. The molecule has 4 heteroatoms. The van der Waals surface area contributed by atoms with E-state index < -0.39 is 5.91 Å². The van der Waals surface area contributed by atoms with Crippen molar-refractivity contribution in [1.82, 2.24) is 5.73 Å². The molecule has 4 nitrogen and oxygen atoms in total. The van der Waals surface area contributed by atoms with Crippen molar-refractivity contribution in [3.05, 3.63) is 24.3 Å². The van der Waals surface area contributed by atoms with E-state index in [1.54, 1.807) is 12.1 Å². The van der Waals surface area contributed by atoms with E-state index in [9.17, 15) is 4.79 Å². The Morgan fingerprint density at radius 2 is 2.17 bits per heavy atom. The van der Waals surface area contributed by atoms with Crippen LogP contribution in [0.5, 0.6) is 0 Å². The highest BCUT2D eigenvalue weighted by atomic mass is 16.1. The number of benzene rings is 1. The van der Waals surface area contributed by atoms with E-state index in [1.807, 2.05) is 12.1 Å². The van der Waals surface area contributed by atoms with Gasteiger partial charge in [0.05, 0.1) is 17.9 Å². The third-order valence-corrected chi connectivity index (χ3v) is 1.40. The van der Waals surface area contributed by atoms with Crippen molar-refractivity contribution in [2.24, 2.45) is 0 Å². The molecule has 1 amide bonds. The summed E-state index contributed by atoms with van der Waals surface area (Å²) in [7, 11) is 0. The molecule has 0 aliphatic rings. The first kappa shape index (κ1) is 8.39. The first-order valence-electron chi connectivity index (χ1n) is 3.53. The third kappa shape index (κ3) is 2.16. The van der Waals surface area contributed by atoms with Crippen LogP contribution in [0.2, 0.25) is 0 Å². The van der Waals surface area contributed by atoms with Gasteiger partial charge in [0.15, 0.2) is 0 Å². The number of nitrogens with one attached hydrogen (secondary N) is 2. The quantitative estimate of drug-likeness (QED) is 0.638. The molecule has 0 saturated heterocycles. The van der Waals surface area contributed by atoms with Crippen molar-refractivity contribution < 1.29 is 4.79 Å². The molecular weight excluding hydrogens is 154 g/mol. The fourth-order valence-electron chi connectivity index (χ4n) is 0.833. The molecule has 0 atom stereocenters. The Kier molecular flexibility index (Phi) is 2.53. The molecule has 0 saturated carbocycles. The van der Waals surface area contributed by atoms with Gasteiger partial charge < -0.3 is 11.1 Å². The van der Waals surface area contributed by atoms with Crippen LogP contribution in [-0.2, 0) is 4.79 Å². The maximum atomic E-state index is 10.3. The van der Waals surface area contributed by atoms with Gasteiger partial charge in [-0.05, 0) is 12.1 Å². The van der Waals surface area contributed by atoms with Gasteiger partial charge in [0.1, 0.15) is 0 Å². The van der Waals surface area contributed by atoms with Gasteiger partial charge in [-0.1, -0.05) is 12.1 Å². The minimum Gasteiger partial charge on any atom is -0.397 e. The molecule has 0 bridgehead atoms. The zero-order valence-electron chi connectivity index (χ0n) is 6.50. The van der Waals surface area contributed by atoms with Gasteiger partial charge in [-0.25, -0.2) is 0 Å². The van der Waals surface area contributed by atoms with Crippen molar-refractivity contribution in [3.8, 4) is 0 Å². The van der Waals surface area contributed by atoms with Crippen LogP contribution in [0.3, 0.4) is 0 Å². The summed E-state index contributed by atoms with van der Waals surface area (Å²) in [4.78, 5) is 10.3. The van der Waals surface area contributed by atoms with E-state index >= 15 is 0 Å². The van der Waals surface area contributed by atoms with E-state index in [2.05, 4.69) is 5.32 Å². The summed E-state index contributed by atoms with van der Waals surface area (Å²) in [5.74, 6) is -0.654. The SMILES string of the molecule is [NH]C(=O)CNc1ccccc1N. The maximum absolute atomic E-state index is 10.3. The lowest BCUT2D eigenvalue weighted by atomic mass is 10.3. The molecule has 1 radical (unpaired) electrons. The monoisotopic (exact) mass is 164 g/mol. The van der Waals surface area contributed by atoms with Gasteiger partial charge in [0, 0.05) is 0 Å². The van der Waals surface area contributed by atoms with Crippen molar-refractivity contribution in [2.45, 2.75) is 0 Å². The number of hydrogen-bond donors (Lipinski definition) is 2. The van der Waals surface area contributed by atoms with Gasteiger partial charge in [-0.15, -0.1) is 0 Å². The molecule has 0 aromatic heterocycles. The molecule has 0 heterocycles. The van der Waals surface area contributed by atoms with E-state index in [0.717, 1.165) is 0 Å². The minimum absolute atomic E-state index is 0.00574. The number of nitrogens with two attached hydrogens (primary N) is 1. The van der Waals surface area contributed by atoms with E-state index in [-0.39, 0.29) is 6.54 Å². The summed E-state index contributed by atoms with van der Waals surface area (Å²) in [6, 6.07) is 7.12. The molecule has 0 spiro atoms. The van der Waals surface area contributed by atoms with Crippen molar-refractivity contribution in [3.63, 3.8) is 0 Å². The molecule has 0 fully saturated rings. The zero-order valence-corrected chi connectivity index (χ0v) is 6.50. The van der Waals surface area contributed by atoms with Crippen LogP contribution in [0.4, 0.5) is 11.4 Å². The second-order valence-corrected chi connectivity index (χ2v) is 2.36. The number of para-hydroxylation sites is 2. The number of carbonyl (C=O) groups is 1. The van der Waals surface area contributed by atoms with Gasteiger partial charge >= 0.3 is 0 Å². The predicted molar refractivity (Wildman–Crippen MR) is 47.4 cm³/mol. The van der Waals surface area contributed by atoms with Crippen LogP contribution in [0.25, 0.3) is 0 Å². The standard InChI is InChI=1S/C8H10N3O/c9-6-3-1-2-4-7(6)11-5-8(10)12/h1-4,10-11H,5,9H2. The second kappa shape index (κ2) is 3.61. The van der Waals surface area contributed by atoms with Crippen molar-refractivity contribution >= 4 is 17.3 Å². The van der Waals surface area contributed by atoms with Crippen LogP contribution in [0.1, 0.15) is 0 Å². The lowest BCUT2D eigenvalue weighted by Crippen LogP contribution is -2.14. The lowest BCUT2D eigenvalue weighted by Gasteiger charge is -2.05. The van der Waals surface area contributed by atoms with Gasteiger partial charge in [-0.3, -0.25) is 10.5 Å². The molecule has 4 N–H and O–H groups in total. The Balaban J connectivity index is 2.63. The first-order chi connectivity index (χ1) is 5.70. The molecule has 63 valence electrons. The first-order valence-corrected chi connectivity index (χ1v) is 3.53. The van der Waals surface area contributed by atoms with Gasteiger partial charge in [-0.2, -0.15) is 0 Å². The highest BCUT2D eigenvalue weighted by Crippen LogP contribution is 2.15. The average molecular weight is 164 g/mol. The number of anilines is 2. The van der Waals surface area contributed by atoms with Crippen LogP contribution in [0.15, 0.2) is 24.3 Å². The van der Waals surface area contributed by atoms with Gasteiger partial charge in [0.2, 0.25) is 0 Å². The summed E-state index contributed by atoms with van der Waals surface area (Å²) in [6.07, 6.45) is 0. The van der Waals surface area contributed by atoms with Crippen LogP contribution in [-0.4, -0.2) is 12.5 Å². The second-order valence-electron chi connectivity index (χ2n) is 2.36. The van der Waals surface area contributed by atoms with E-state index in [0.29, 0.717) is 11.4 Å². The highest BCUT2D eigenvalue weighted by molar-refractivity contribution is 5.79. The fourth-order valence-corrected chi connectivity index (χ4v) is 0.833. The minimum atomic E-state index is -0.654. The maximum Gasteiger partial charge on any atom is 0.257 e. The summed E-state index contributed by atoms with van der Waals surface area (Å²) in [5.41, 5.74) is 13.5. The average Bonchev–Trinajstić information content (AvgIpc) is 2.03. The Hall–Kier alpha value is -1.71. The predicted octanol–water partition coefficient (Wildman–Crippen LogP) is 0.490. The Labute approximate surface area is 70.6 Å². The topological polar surface area (TPSA) is 78.9 Å². The molecule has 0 aliphatic carbocycles. The number of amides is 1. The van der Waals surface area contributed by atoms with Crippen LogP contribution >= 0.6 is 0 Å². The molecular formula is C8H10N3O. The fraction of sp³-hybridized carbons (Fsp3) is 0.125. The smallest absolute Gasteiger partial charge is 0.257 e.